The van der Waals surface area contributed by atoms with E-state index >= 15 is 0 Å². The first kappa shape index (κ1) is 16.4. The lowest BCUT2D eigenvalue weighted by Crippen LogP contribution is -2.32. The largest absolute Gasteiger partial charge is 0.370 e. The third-order valence-electron chi connectivity index (χ3n) is 4.24. The second kappa shape index (κ2) is 6.44. The predicted octanol–water partition coefficient (Wildman–Crippen LogP) is 3.18. The second-order valence-corrected chi connectivity index (χ2v) is 7.50. The zero-order valence-electron chi connectivity index (χ0n) is 13.8. The van der Waals surface area contributed by atoms with Crippen molar-refractivity contribution in [1.29, 1.82) is 0 Å². The Balaban J connectivity index is 2.03. The highest BCUT2D eigenvalue weighted by Crippen LogP contribution is 2.38. The fourth-order valence-corrected chi connectivity index (χ4v) is 3.25. The zero-order chi connectivity index (χ0) is 15.5. The van der Waals surface area contributed by atoms with E-state index in [1.807, 2.05) is 0 Å². The molecule has 1 unspecified atom stereocenters. The van der Waals surface area contributed by atoms with Crippen molar-refractivity contribution in [3.8, 4) is 0 Å². The summed E-state index contributed by atoms with van der Waals surface area (Å²) in [4.78, 5) is 4.56. The Kier molecular flexibility index (Phi) is 5.04. The summed E-state index contributed by atoms with van der Waals surface area (Å²) in [6, 6.07) is 0.0446. The first-order valence-corrected chi connectivity index (χ1v) is 7.98. The molecule has 21 heavy (non-hydrogen) atoms. The Morgan fingerprint density at radius 1 is 1.29 bits per heavy atom. The molecular weight excluding hydrogens is 266 g/mol. The first-order chi connectivity index (χ1) is 9.85. The van der Waals surface area contributed by atoms with E-state index in [0.29, 0.717) is 18.1 Å². The highest BCUT2D eigenvalue weighted by atomic mass is 16.5. The van der Waals surface area contributed by atoms with Crippen molar-refractivity contribution in [2.45, 2.75) is 77.4 Å². The van der Waals surface area contributed by atoms with Crippen molar-refractivity contribution in [3.05, 3.63) is 11.7 Å². The number of ether oxygens (including phenoxy) is 1. The standard InChI is InChI=1S/C16H29N3O2/c1-15(2,3)11-12(17)10-13-18-14(19-21-13)16(20-4)8-6-5-7-9-16/h12H,5-11,17H2,1-4H3. The Hall–Kier alpha value is -0.940. The molecule has 5 heteroatoms. The van der Waals surface area contributed by atoms with Gasteiger partial charge in [-0.05, 0) is 24.7 Å². The summed E-state index contributed by atoms with van der Waals surface area (Å²) in [5, 5.41) is 4.17. The van der Waals surface area contributed by atoms with Crippen molar-refractivity contribution in [1.82, 2.24) is 10.1 Å². The van der Waals surface area contributed by atoms with Crippen LogP contribution >= 0.6 is 0 Å². The quantitative estimate of drug-likeness (QED) is 0.903. The SMILES string of the molecule is COC1(c2noc(CC(N)CC(C)(C)C)n2)CCCCC1. The van der Waals surface area contributed by atoms with Crippen LogP contribution in [0.4, 0.5) is 0 Å². The molecule has 1 aromatic heterocycles. The van der Waals surface area contributed by atoms with Crippen molar-refractivity contribution in [2.75, 3.05) is 7.11 Å². The summed E-state index contributed by atoms with van der Waals surface area (Å²) >= 11 is 0. The molecule has 0 bridgehead atoms. The number of aromatic nitrogens is 2. The van der Waals surface area contributed by atoms with Gasteiger partial charge in [0.2, 0.25) is 11.7 Å². The normalized spacial score (nSPS) is 20.4. The van der Waals surface area contributed by atoms with Crippen LogP contribution in [0.1, 0.15) is 71.0 Å². The number of hydrogen-bond donors (Lipinski definition) is 1. The Morgan fingerprint density at radius 2 is 1.95 bits per heavy atom. The van der Waals surface area contributed by atoms with Crippen LogP contribution in [0.15, 0.2) is 4.52 Å². The van der Waals surface area contributed by atoms with E-state index < -0.39 is 0 Å². The Labute approximate surface area is 127 Å². The van der Waals surface area contributed by atoms with E-state index in [1.165, 1.54) is 6.42 Å². The van der Waals surface area contributed by atoms with Crippen molar-refractivity contribution >= 4 is 0 Å². The molecule has 0 saturated heterocycles. The van der Waals surface area contributed by atoms with Crippen LogP contribution in [0.3, 0.4) is 0 Å². The van der Waals surface area contributed by atoms with E-state index in [-0.39, 0.29) is 17.1 Å². The van der Waals surface area contributed by atoms with Gasteiger partial charge >= 0.3 is 0 Å². The molecule has 0 aliphatic heterocycles. The molecule has 2 N–H and O–H groups in total. The molecule has 1 heterocycles. The smallest absolute Gasteiger partial charge is 0.228 e. The number of rotatable bonds is 5. The van der Waals surface area contributed by atoms with Gasteiger partial charge in [-0.1, -0.05) is 45.2 Å². The minimum Gasteiger partial charge on any atom is -0.370 e. The summed E-state index contributed by atoms with van der Waals surface area (Å²) < 4.78 is 11.2. The van der Waals surface area contributed by atoms with Gasteiger partial charge in [-0.2, -0.15) is 4.98 Å². The molecule has 120 valence electrons. The van der Waals surface area contributed by atoms with E-state index in [2.05, 4.69) is 30.9 Å². The molecular formula is C16H29N3O2. The average Bonchev–Trinajstić information content (AvgIpc) is 2.86. The van der Waals surface area contributed by atoms with Gasteiger partial charge in [-0.25, -0.2) is 0 Å². The van der Waals surface area contributed by atoms with Crippen molar-refractivity contribution in [3.63, 3.8) is 0 Å². The Morgan fingerprint density at radius 3 is 2.52 bits per heavy atom. The first-order valence-electron chi connectivity index (χ1n) is 7.98. The van der Waals surface area contributed by atoms with Crippen LogP contribution < -0.4 is 5.73 Å². The van der Waals surface area contributed by atoms with Gasteiger partial charge in [-0.3, -0.25) is 0 Å². The fourth-order valence-electron chi connectivity index (χ4n) is 3.25. The summed E-state index contributed by atoms with van der Waals surface area (Å²) in [5.41, 5.74) is 6.04. The predicted molar refractivity (Wildman–Crippen MR) is 81.8 cm³/mol. The molecule has 1 aromatic rings. The number of hydrogen-bond acceptors (Lipinski definition) is 5. The molecule has 1 atom stereocenters. The maximum absolute atomic E-state index is 6.19. The van der Waals surface area contributed by atoms with Crippen LogP contribution in [0.5, 0.6) is 0 Å². The average molecular weight is 295 g/mol. The summed E-state index contributed by atoms with van der Waals surface area (Å²) in [6.07, 6.45) is 7.06. The monoisotopic (exact) mass is 295 g/mol. The molecule has 0 radical (unpaired) electrons. The van der Waals surface area contributed by atoms with E-state index in [4.69, 9.17) is 15.0 Å². The maximum atomic E-state index is 6.19. The lowest BCUT2D eigenvalue weighted by atomic mass is 9.84. The number of nitrogens with zero attached hydrogens (tertiary/aromatic N) is 2. The minimum atomic E-state index is -0.353. The zero-order valence-corrected chi connectivity index (χ0v) is 13.8. The van der Waals surface area contributed by atoms with Crippen LogP contribution in [0, 0.1) is 5.41 Å². The van der Waals surface area contributed by atoms with Crippen LogP contribution in [-0.4, -0.2) is 23.3 Å². The molecule has 1 aliphatic rings. The second-order valence-electron chi connectivity index (χ2n) is 7.50. The molecule has 5 nitrogen and oxygen atoms in total. The molecule has 2 rings (SSSR count). The molecule has 1 fully saturated rings. The molecule has 1 aliphatic carbocycles. The summed E-state index contributed by atoms with van der Waals surface area (Å²) in [5.74, 6) is 1.33. The van der Waals surface area contributed by atoms with Gasteiger partial charge in [0.25, 0.3) is 0 Å². The minimum absolute atomic E-state index is 0.0446. The number of nitrogens with two attached hydrogens (primary N) is 1. The van der Waals surface area contributed by atoms with Crippen molar-refractivity contribution in [2.24, 2.45) is 11.1 Å². The third-order valence-corrected chi connectivity index (χ3v) is 4.24. The topological polar surface area (TPSA) is 74.2 Å². The lowest BCUT2D eigenvalue weighted by molar-refractivity contribution is -0.0527. The fraction of sp³-hybridized carbons (Fsp3) is 0.875. The highest BCUT2D eigenvalue weighted by molar-refractivity contribution is 5.04. The van der Waals surface area contributed by atoms with Gasteiger partial charge in [0.05, 0.1) is 0 Å². The summed E-state index contributed by atoms with van der Waals surface area (Å²) in [6.45, 7) is 6.57. The summed E-state index contributed by atoms with van der Waals surface area (Å²) in [7, 11) is 1.74. The lowest BCUT2D eigenvalue weighted by Gasteiger charge is -2.32. The van der Waals surface area contributed by atoms with Gasteiger partial charge in [0, 0.05) is 19.6 Å². The van der Waals surface area contributed by atoms with E-state index in [0.717, 1.165) is 32.1 Å². The van der Waals surface area contributed by atoms with Gasteiger partial charge < -0.3 is 15.0 Å². The molecule has 0 aromatic carbocycles. The highest BCUT2D eigenvalue weighted by Gasteiger charge is 2.38. The van der Waals surface area contributed by atoms with E-state index in [9.17, 15) is 0 Å². The molecule has 0 amide bonds. The van der Waals surface area contributed by atoms with E-state index in [1.54, 1.807) is 7.11 Å². The van der Waals surface area contributed by atoms with Gasteiger partial charge in [-0.15, -0.1) is 0 Å². The van der Waals surface area contributed by atoms with Crippen LogP contribution in [0.25, 0.3) is 0 Å². The Bertz CT molecular complexity index is 445. The van der Waals surface area contributed by atoms with Gasteiger partial charge in [0.15, 0.2) is 0 Å². The number of methoxy groups -OCH3 is 1. The maximum Gasteiger partial charge on any atom is 0.228 e. The molecule has 1 saturated carbocycles. The van der Waals surface area contributed by atoms with Gasteiger partial charge in [0.1, 0.15) is 5.60 Å². The third kappa shape index (κ3) is 4.27. The van der Waals surface area contributed by atoms with Crippen molar-refractivity contribution < 1.29 is 9.26 Å². The van der Waals surface area contributed by atoms with Crippen LogP contribution in [-0.2, 0) is 16.8 Å². The molecule has 0 spiro atoms. The van der Waals surface area contributed by atoms with Crippen LogP contribution in [0.2, 0.25) is 0 Å².